The molecule has 0 atom stereocenters. The fraction of sp³-hybridized carbons (Fsp3) is 0.381. The highest BCUT2D eigenvalue weighted by Gasteiger charge is 2.21. The van der Waals surface area contributed by atoms with E-state index >= 15 is 0 Å². The fourth-order valence-corrected chi connectivity index (χ4v) is 4.35. The maximum absolute atomic E-state index is 12.4. The van der Waals surface area contributed by atoms with Gasteiger partial charge >= 0.3 is 0 Å². The van der Waals surface area contributed by atoms with Crippen LogP contribution in [0, 0.1) is 6.92 Å². The van der Waals surface area contributed by atoms with Gasteiger partial charge in [0.15, 0.2) is 11.0 Å². The molecule has 1 amide bonds. The quantitative estimate of drug-likeness (QED) is 0.591. The number of rotatable bonds is 7. The van der Waals surface area contributed by atoms with Crippen molar-refractivity contribution < 1.29 is 13.9 Å². The Morgan fingerprint density at radius 1 is 1.24 bits per heavy atom. The van der Waals surface area contributed by atoms with Gasteiger partial charge in [0, 0.05) is 6.04 Å². The van der Waals surface area contributed by atoms with Crippen molar-refractivity contribution in [3.63, 3.8) is 0 Å². The Kier molecular flexibility index (Phi) is 5.89. The number of thioether (sulfide) groups is 1. The third kappa shape index (κ3) is 4.32. The molecule has 1 aromatic carbocycles. The topological polar surface area (TPSA) is 82.2 Å². The van der Waals surface area contributed by atoms with Crippen molar-refractivity contribution in [1.29, 1.82) is 0 Å². The standard InChI is InChI=1S/C21H24N4O3S/c1-14-18(11-12-28-14)20-23-24-21(25(20)16-7-9-17(27-2)10-8-16)29-13-19(26)22-15-5-3-4-6-15/h7-12,15H,3-6,13H2,1-2H3,(H,22,26). The smallest absolute Gasteiger partial charge is 0.230 e. The average Bonchev–Trinajstić information content (AvgIpc) is 3.47. The lowest BCUT2D eigenvalue weighted by Gasteiger charge is -2.13. The molecule has 0 radical (unpaired) electrons. The summed E-state index contributed by atoms with van der Waals surface area (Å²) in [6, 6.07) is 9.87. The summed E-state index contributed by atoms with van der Waals surface area (Å²) in [4.78, 5) is 12.4. The van der Waals surface area contributed by atoms with Gasteiger partial charge in [0.1, 0.15) is 11.5 Å². The molecule has 0 aliphatic heterocycles. The number of aryl methyl sites for hydroxylation is 1. The Bertz CT molecular complexity index is 974. The number of carbonyl (C=O) groups excluding carboxylic acids is 1. The second-order valence-electron chi connectivity index (χ2n) is 7.07. The molecule has 1 fully saturated rings. The SMILES string of the molecule is COc1ccc(-n2c(SCC(=O)NC3CCCC3)nnc2-c2ccoc2C)cc1. The van der Waals surface area contributed by atoms with Gasteiger partial charge in [-0.05, 0) is 50.1 Å². The van der Waals surface area contributed by atoms with Crippen LogP contribution in [0.4, 0.5) is 0 Å². The number of hydrogen-bond acceptors (Lipinski definition) is 6. The summed E-state index contributed by atoms with van der Waals surface area (Å²) in [6.45, 7) is 1.89. The molecule has 29 heavy (non-hydrogen) atoms. The molecule has 2 heterocycles. The molecule has 4 rings (SSSR count). The summed E-state index contributed by atoms with van der Waals surface area (Å²) in [5, 5.41) is 12.5. The van der Waals surface area contributed by atoms with Gasteiger partial charge in [-0.15, -0.1) is 10.2 Å². The van der Waals surface area contributed by atoms with E-state index in [-0.39, 0.29) is 5.91 Å². The van der Waals surface area contributed by atoms with Crippen LogP contribution in [0.15, 0.2) is 46.2 Å². The molecule has 1 N–H and O–H groups in total. The molecule has 1 aliphatic rings. The van der Waals surface area contributed by atoms with Crippen molar-refractivity contribution >= 4 is 17.7 Å². The Hall–Kier alpha value is -2.74. The molecule has 0 saturated heterocycles. The van der Waals surface area contributed by atoms with Crippen molar-refractivity contribution in [2.45, 2.75) is 43.8 Å². The monoisotopic (exact) mass is 412 g/mol. The number of nitrogens with zero attached hydrogens (tertiary/aromatic N) is 3. The predicted octanol–water partition coefficient (Wildman–Crippen LogP) is 4.00. The first-order valence-corrected chi connectivity index (χ1v) is 10.7. The number of benzene rings is 1. The summed E-state index contributed by atoms with van der Waals surface area (Å²) >= 11 is 1.38. The third-order valence-corrected chi connectivity index (χ3v) is 6.05. The number of hydrogen-bond donors (Lipinski definition) is 1. The van der Waals surface area contributed by atoms with Crippen LogP contribution in [-0.2, 0) is 4.79 Å². The Morgan fingerprint density at radius 3 is 2.66 bits per heavy atom. The van der Waals surface area contributed by atoms with E-state index in [1.807, 2.05) is 41.8 Å². The van der Waals surface area contributed by atoms with E-state index in [1.54, 1.807) is 13.4 Å². The molecule has 3 aromatic rings. The predicted molar refractivity (Wildman–Crippen MR) is 111 cm³/mol. The molecule has 8 heteroatoms. The first-order chi connectivity index (χ1) is 14.2. The second-order valence-corrected chi connectivity index (χ2v) is 8.01. The minimum Gasteiger partial charge on any atom is -0.497 e. The average molecular weight is 413 g/mol. The van der Waals surface area contributed by atoms with Crippen molar-refractivity contribution in [2.24, 2.45) is 0 Å². The van der Waals surface area contributed by atoms with Crippen LogP contribution < -0.4 is 10.1 Å². The highest BCUT2D eigenvalue weighted by molar-refractivity contribution is 7.99. The zero-order valence-corrected chi connectivity index (χ0v) is 17.4. The van der Waals surface area contributed by atoms with Gasteiger partial charge in [-0.1, -0.05) is 24.6 Å². The number of furan rings is 1. The maximum atomic E-state index is 12.4. The van der Waals surface area contributed by atoms with Gasteiger partial charge in [-0.3, -0.25) is 9.36 Å². The number of aromatic nitrogens is 3. The minimum absolute atomic E-state index is 0.0345. The molecular formula is C21H24N4O3S. The zero-order valence-electron chi connectivity index (χ0n) is 16.6. The summed E-state index contributed by atoms with van der Waals surface area (Å²) < 4.78 is 12.7. The van der Waals surface area contributed by atoms with Crippen LogP contribution >= 0.6 is 11.8 Å². The molecule has 2 aromatic heterocycles. The van der Waals surface area contributed by atoms with E-state index < -0.39 is 0 Å². The number of methoxy groups -OCH3 is 1. The van der Waals surface area contributed by atoms with Gasteiger partial charge in [0.2, 0.25) is 5.91 Å². The summed E-state index contributed by atoms with van der Waals surface area (Å²) in [6.07, 6.45) is 6.17. The van der Waals surface area contributed by atoms with Crippen LogP contribution in [-0.4, -0.2) is 39.6 Å². The van der Waals surface area contributed by atoms with Crippen LogP contribution in [0.5, 0.6) is 5.75 Å². The Balaban J connectivity index is 1.60. The highest BCUT2D eigenvalue weighted by Crippen LogP contribution is 2.31. The number of nitrogens with one attached hydrogen (secondary N) is 1. The minimum atomic E-state index is 0.0345. The van der Waals surface area contributed by atoms with Gasteiger partial charge in [0.05, 0.1) is 30.4 Å². The number of ether oxygens (including phenoxy) is 1. The van der Waals surface area contributed by atoms with Crippen LogP contribution in [0.2, 0.25) is 0 Å². The molecular weight excluding hydrogens is 388 g/mol. The van der Waals surface area contributed by atoms with E-state index in [9.17, 15) is 4.79 Å². The van der Waals surface area contributed by atoms with Gasteiger partial charge in [-0.2, -0.15) is 0 Å². The first-order valence-electron chi connectivity index (χ1n) is 9.72. The van der Waals surface area contributed by atoms with E-state index in [1.165, 1.54) is 24.6 Å². The van der Waals surface area contributed by atoms with E-state index in [0.29, 0.717) is 22.8 Å². The molecule has 0 spiro atoms. The van der Waals surface area contributed by atoms with Crippen LogP contribution in [0.1, 0.15) is 31.4 Å². The van der Waals surface area contributed by atoms with Gasteiger partial charge < -0.3 is 14.5 Å². The third-order valence-electron chi connectivity index (χ3n) is 5.12. The summed E-state index contributed by atoms with van der Waals surface area (Å²) in [5.74, 6) is 2.55. The van der Waals surface area contributed by atoms with E-state index in [4.69, 9.17) is 9.15 Å². The Labute approximate surface area is 173 Å². The van der Waals surface area contributed by atoms with Crippen LogP contribution in [0.3, 0.4) is 0 Å². The molecule has 1 aliphatic carbocycles. The van der Waals surface area contributed by atoms with Crippen molar-refractivity contribution in [1.82, 2.24) is 20.1 Å². The molecule has 7 nitrogen and oxygen atoms in total. The van der Waals surface area contributed by atoms with Gasteiger partial charge in [0.25, 0.3) is 0 Å². The largest absolute Gasteiger partial charge is 0.497 e. The molecule has 0 bridgehead atoms. The lowest BCUT2D eigenvalue weighted by Crippen LogP contribution is -2.33. The summed E-state index contributed by atoms with van der Waals surface area (Å²) in [5.41, 5.74) is 1.76. The molecule has 0 unspecified atom stereocenters. The number of amides is 1. The highest BCUT2D eigenvalue weighted by atomic mass is 32.2. The molecule has 152 valence electrons. The normalized spacial score (nSPS) is 14.3. The van der Waals surface area contributed by atoms with E-state index in [0.717, 1.165) is 35.6 Å². The molecule has 1 saturated carbocycles. The number of carbonyl (C=O) groups is 1. The van der Waals surface area contributed by atoms with Crippen molar-refractivity contribution in [2.75, 3.05) is 12.9 Å². The maximum Gasteiger partial charge on any atom is 0.230 e. The van der Waals surface area contributed by atoms with Gasteiger partial charge in [-0.25, -0.2) is 0 Å². The summed E-state index contributed by atoms with van der Waals surface area (Å²) in [7, 11) is 1.64. The fourth-order valence-electron chi connectivity index (χ4n) is 3.59. The van der Waals surface area contributed by atoms with Crippen molar-refractivity contribution in [3.05, 3.63) is 42.4 Å². The second kappa shape index (κ2) is 8.73. The first kappa shape index (κ1) is 19.6. The van der Waals surface area contributed by atoms with Crippen molar-refractivity contribution in [3.8, 4) is 22.8 Å². The Morgan fingerprint density at radius 2 is 2.00 bits per heavy atom. The van der Waals surface area contributed by atoms with Crippen LogP contribution in [0.25, 0.3) is 17.1 Å². The zero-order chi connectivity index (χ0) is 20.2. The lowest BCUT2D eigenvalue weighted by atomic mass is 10.2. The lowest BCUT2D eigenvalue weighted by molar-refractivity contribution is -0.119. The van der Waals surface area contributed by atoms with E-state index in [2.05, 4.69) is 15.5 Å².